The second kappa shape index (κ2) is 6.43. The number of nitro groups is 1. The lowest BCUT2D eigenvalue weighted by Crippen LogP contribution is -2.50. The third kappa shape index (κ3) is 3.62. The van der Waals surface area contributed by atoms with E-state index in [4.69, 9.17) is 4.74 Å². The van der Waals surface area contributed by atoms with Gasteiger partial charge in [-0.25, -0.2) is 4.79 Å². The van der Waals surface area contributed by atoms with Gasteiger partial charge >= 0.3 is 5.97 Å². The van der Waals surface area contributed by atoms with Gasteiger partial charge in [0.05, 0.1) is 17.6 Å². The molecular formula is C14H20N2O5. The largest absolute Gasteiger partial charge is 0.494 e. The van der Waals surface area contributed by atoms with Gasteiger partial charge in [-0.3, -0.25) is 10.1 Å². The van der Waals surface area contributed by atoms with Crippen molar-refractivity contribution >= 4 is 17.3 Å². The maximum absolute atomic E-state index is 11.4. The Morgan fingerprint density at radius 1 is 1.38 bits per heavy atom. The maximum Gasteiger partial charge on any atom is 0.328 e. The summed E-state index contributed by atoms with van der Waals surface area (Å²) in [6, 6.07) is 4.30. The number of nitrogens with zero attached hydrogens (tertiary/aromatic N) is 2. The lowest BCUT2D eigenvalue weighted by atomic mass is 10.0. The smallest absolute Gasteiger partial charge is 0.328 e. The van der Waals surface area contributed by atoms with Crippen molar-refractivity contribution in [3.8, 4) is 5.75 Å². The Morgan fingerprint density at radius 3 is 2.43 bits per heavy atom. The standard InChI is InChI=1S/C14H20N2O5/c1-5-15(14(3,4)13(17)18)10-7-11(16(19)20)9-12(8-10)21-6-2/h7-9H,5-6H2,1-4H3,(H,17,18). The van der Waals surface area contributed by atoms with Crippen molar-refractivity contribution in [3.63, 3.8) is 0 Å². The van der Waals surface area contributed by atoms with E-state index in [9.17, 15) is 20.0 Å². The van der Waals surface area contributed by atoms with Crippen LogP contribution < -0.4 is 9.64 Å². The van der Waals surface area contributed by atoms with Crippen LogP contribution in [0.15, 0.2) is 18.2 Å². The number of hydrogen-bond donors (Lipinski definition) is 1. The summed E-state index contributed by atoms with van der Waals surface area (Å²) in [7, 11) is 0. The zero-order valence-corrected chi connectivity index (χ0v) is 12.6. The number of nitro benzene ring substituents is 1. The first-order chi connectivity index (χ1) is 9.73. The van der Waals surface area contributed by atoms with E-state index in [1.807, 2.05) is 0 Å². The lowest BCUT2D eigenvalue weighted by molar-refractivity contribution is -0.384. The number of aliphatic carboxylic acids is 1. The van der Waals surface area contributed by atoms with Crippen molar-refractivity contribution in [1.82, 2.24) is 0 Å². The Labute approximate surface area is 123 Å². The number of benzene rings is 1. The van der Waals surface area contributed by atoms with Gasteiger partial charge in [0.1, 0.15) is 11.3 Å². The predicted octanol–water partition coefficient (Wildman–Crippen LogP) is 2.68. The van der Waals surface area contributed by atoms with Crippen LogP contribution in [-0.2, 0) is 4.79 Å². The van der Waals surface area contributed by atoms with Crippen LogP contribution in [-0.4, -0.2) is 34.7 Å². The number of ether oxygens (including phenoxy) is 1. The highest BCUT2D eigenvalue weighted by molar-refractivity contribution is 5.83. The average Bonchev–Trinajstić information content (AvgIpc) is 2.39. The van der Waals surface area contributed by atoms with Crippen molar-refractivity contribution < 1.29 is 19.6 Å². The third-order valence-electron chi connectivity index (χ3n) is 3.22. The quantitative estimate of drug-likeness (QED) is 0.614. The molecule has 0 amide bonds. The molecule has 1 N–H and O–H groups in total. The SMILES string of the molecule is CCOc1cc(N(CC)C(C)(C)C(=O)O)cc([N+](=O)[O-])c1. The second-order valence-corrected chi connectivity index (χ2v) is 4.98. The molecule has 1 aromatic carbocycles. The Balaban J connectivity index is 3.38. The number of anilines is 1. The van der Waals surface area contributed by atoms with E-state index in [0.29, 0.717) is 24.6 Å². The summed E-state index contributed by atoms with van der Waals surface area (Å²) in [5.41, 5.74) is -0.869. The summed E-state index contributed by atoms with van der Waals surface area (Å²) in [6.07, 6.45) is 0. The highest BCUT2D eigenvalue weighted by atomic mass is 16.6. The van der Waals surface area contributed by atoms with Crippen molar-refractivity contribution in [2.24, 2.45) is 0 Å². The molecule has 21 heavy (non-hydrogen) atoms. The van der Waals surface area contributed by atoms with Crippen molar-refractivity contribution in [3.05, 3.63) is 28.3 Å². The zero-order valence-electron chi connectivity index (χ0n) is 12.6. The first kappa shape index (κ1) is 16.7. The Hall–Kier alpha value is -2.31. The summed E-state index contributed by atoms with van der Waals surface area (Å²) in [4.78, 5) is 23.5. The molecular weight excluding hydrogens is 276 g/mol. The number of non-ortho nitro benzene ring substituents is 1. The summed E-state index contributed by atoms with van der Waals surface area (Å²) >= 11 is 0. The molecule has 116 valence electrons. The van der Waals surface area contributed by atoms with E-state index in [2.05, 4.69) is 0 Å². The molecule has 0 aliphatic rings. The average molecular weight is 296 g/mol. The number of likely N-dealkylation sites (N-methyl/N-ethyl adjacent to an activating group) is 1. The van der Waals surface area contributed by atoms with Crippen LogP contribution in [0.1, 0.15) is 27.7 Å². The highest BCUT2D eigenvalue weighted by Crippen LogP contribution is 2.32. The van der Waals surface area contributed by atoms with Gasteiger partial charge in [0.2, 0.25) is 0 Å². The topological polar surface area (TPSA) is 92.9 Å². The Kier molecular flexibility index (Phi) is 5.12. The minimum atomic E-state index is -1.19. The van der Waals surface area contributed by atoms with E-state index in [1.165, 1.54) is 12.1 Å². The Morgan fingerprint density at radius 2 is 2.00 bits per heavy atom. The first-order valence-corrected chi connectivity index (χ1v) is 6.67. The maximum atomic E-state index is 11.4. The summed E-state index contributed by atoms with van der Waals surface area (Å²) < 4.78 is 5.33. The molecule has 0 heterocycles. The molecule has 7 nitrogen and oxygen atoms in total. The van der Waals surface area contributed by atoms with Crippen molar-refractivity contribution in [1.29, 1.82) is 0 Å². The van der Waals surface area contributed by atoms with Crippen molar-refractivity contribution in [2.45, 2.75) is 33.2 Å². The van der Waals surface area contributed by atoms with E-state index < -0.39 is 16.4 Å². The fraction of sp³-hybridized carbons (Fsp3) is 0.500. The molecule has 0 saturated carbocycles. The molecule has 1 aromatic rings. The van der Waals surface area contributed by atoms with E-state index >= 15 is 0 Å². The van der Waals surface area contributed by atoms with Crippen LogP contribution in [0.25, 0.3) is 0 Å². The predicted molar refractivity (Wildman–Crippen MR) is 79.0 cm³/mol. The lowest BCUT2D eigenvalue weighted by Gasteiger charge is -2.36. The molecule has 0 aromatic heterocycles. The number of carbonyl (C=O) groups is 1. The molecule has 0 atom stereocenters. The minimum absolute atomic E-state index is 0.129. The van der Waals surface area contributed by atoms with Crippen LogP contribution in [0.5, 0.6) is 5.75 Å². The van der Waals surface area contributed by atoms with Gasteiger partial charge in [0, 0.05) is 24.4 Å². The monoisotopic (exact) mass is 296 g/mol. The fourth-order valence-electron chi connectivity index (χ4n) is 2.10. The van der Waals surface area contributed by atoms with Crippen LogP contribution >= 0.6 is 0 Å². The van der Waals surface area contributed by atoms with Gasteiger partial charge in [0.25, 0.3) is 5.69 Å². The van der Waals surface area contributed by atoms with Gasteiger partial charge in [0.15, 0.2) is 0 Å². The summed E-state index contributed by atoms with van der Waals surface area (Å²) in [5.74, 6) is -0.657. The van der Waals surface area contributed by atoms with Crippen LogP contribution in [0, 0.1) is 10.1 Å². The third-order valence-corrected chi connectivity index (χ3v) is 3.22. The number of carboxylic acid groups (broad SMARTS) is 1. The molecule has 7 heteroatoms. The van der Waals surface area contributed by atoms with Crippen molar-refractivity contribution in [2.75, 3.05) is 18.1 Å². The summed E-state index contributed by atoms with van der Waals surface area (Å²) in [5, 5.41) is 20.4. The number of carboxylic acids is 1. The van der Waals surface area contributed by atoms with Gasteiger partial charge in [-0.15, -0.1) is 0 Å². The van der Waals surface area contributed by atoms with Gasteiger partial charge < -0.3 is 14.7 Å². The van der Waals surface area contributed by atoms with Crippen LogP contribution in [0.4, 0.5) is 11.4 Å². The molecule has 0 saturated heterocycles. The second-order valence-electron chi connectivity index (χ2n) is 4.98. The number of hydrogen-bond acceptors (Lipinski definition) is 5. The molecule has 0 radical (unpaired) electrons. The molecule has 1 rings (SSSR count). The zero-order chi connectivity index (χ0) is 16.2. The Bertz CT molecular complexity index is 542. The van der Waals surface area contributed by atoms with Gasteiger partial charge in [-0.05, 0) is 27.7 Å². The van der Waals surface area contributed by atoms with E-state index in [1.54, 1.807) is 38.7 Å². The van der Waals surface area contributed by atoms with Gasteiger partial charge in [-0.1, -0.05) is 0 Å². The molecule has 0 aliphatic heterocycles. The summed E-state index contributed by atoms with van der Waals surface area (Å²) in [6.45, 7) is 7.44. The first-order valence-electron chi connectivity index (χ1n) is 6.67. The molecule has 0 spiro atoms. The molecule has 0 bridgehead atoms. The van der Waals surface area contributed by atoms with E-state index in [0.717, 1.165) is 0 Å². The van der Waals surface area contributed by atoms with Gasteiger partial charge in [-0.2, -0.15) is 0 Å². The fourth-order valence-corrected chi connectivity index (χ4v) is 2.10. The van der Waals surface area contributed by atoms with Crippen LogP contribution in [0.2, 0.25) is 0 Å². The number of rotatable bonds is 7. The highest BCUT2D eigenvalue weighted by Gasteiger charge is 2.34. The van der Waals surface area contributed by atoms with E-state index in [-0.39, 0.29) is 5.69 Å². The molecule has 0 fully saturated rings. The molecule has 0 unspecified atom stereocenters. The van der Waals surface area contributed by atoms with Crippen LogP contribution in [0.3, 0.4) is 0 Å². The normalized spacial score (nSPS) is 11.0. The minimum Gasteiger partial charge on any atom is -0.494 e. The molecule has 0 aliphatic carbocycles.